The number of rotatable bonds is 7. The van der Waals surface area contributed by atoms with Crippen LogP contribution >= 0.6 is 0 Å². The zero-order valence-corrected chi connectivity index (χ0v) is 17.3. The van der Waals surface area contributed by atoms with Crippen LogP contribution in [0.1, 0.15) is 29.2 Å². The molecule has 0 radical (unpaired) electrons. The molecule has 2 N–H and O–H groups in total. The Morgan fingerprint density at radius 2 is 1.90 bits per heavy atom. The van der Waals surface area contributed by atoms with Crippen molar-refractivity contribution in [2.75, 3.05) is 32.8 Å². The van der Waals surface area contributed by atoms with Crippen LogP contribution in [-0.4, -0.2) is 43.7 Å². The molecule has 0 bridgehead atoms. The van der Waals surface area contributed by atoms with Gasteiger partial charge in [0.2, 0.25) is 0 Å². The van der Waals surface area contributed by atoms with Crippen LogP contribution in [0.4, 0.5) is 4.39 Å². The molecule has 7 heteroatoms. The summed E-state index contributed by atoms with van der Waals surface area (Å²) in [6.45, 7) is 7.85. The minimum absolute atomic E-state index is 0.290. The number of aliphatic imine (C=N–C) groups is 1. The van der Waals surface area contributed by atoms with Crippen LogP contribution in [0, 0.1) is 17.1 Å². The Labute approximate surface area is 177 Å². The summed E-state index contributed by atoms with van der Waals surface area (Å²) in [5.41, 5.74) is 3.24. The lowest BCUT2D eigenvalue weighted by atomic mass is 10.1. The maximum absolute atomic E-state index is 14.1. The van der Waals surface area contributed by atoms with E-state index in [9.17, 15) is 4.39 Å². The first-order valence-electron chi connectivity index (χ1n) is 10.3. The van der Waals surface area contributed by atoms with E-state index in [2.05, 4.69) is 33.7 Å². The molecule has 1 saturated heterocycles. The average Bonchev–Trinajstić information content (AvgIpc) is 2.78. The SMILES string of the molecule is CCNC(=NCc1ccccc1CN1CCOCC1)NCc1ccc(C#N)cc1F. The lowest BCUT2D eigenvalue weighted by molar-refractivity contribution is 0.0341. The minimum Gasteiger partial charge on any atom is -0.379 e. The fourth-order valence-corrected chi connectivity index (χ4v) is 3.31. The van der Waals surface area contributed by atoms with Crippen LogP contribution in [0.25, 0.3) is 0 Å². The van der Waals surface area contributed by atoms with Gasteiger partial charge in [-0.05, 0) is 30.2 Å². The Bertz CT molecular complexity index is 903. The molecule has 1 fully saturated rings. The molecule has 0 spiro atoms. The summed E-state index contributed by atoms with van der Waals surface area (Å²) in [5, 5.41) is 15.3. The molecule has 1 aliphatic rings. The number of benzene rings is 2. The van der Waals surface area contributed by atoms with E-state index in [0.717, 1.165) is 32.8 Å². The number of nitrogens with zero attached hydrogens (tertiary/aromatic N) is 3. The molecule has 30 heavy (non-hydrogen) atoms. The third-order valence-electron chi connectivity index (χ3n) is 5.00. The number of morpholine rings is 1. The highest BCUT2D eigenvalue weighted by Crippen LogP contribution is 2.14. The minimum atomic E-state index is -0.395. The molecular weight excluding hydrogens is 381 g/mol. The molecule has 1 heterocycles. The molecule has 0 aromatic heterocycles. The maximum Gasteiger partial charge on any atom is 0.191 e. The number of hydrogen-bond donors (Lipinski definition) is 2. The Morgan fingerprint density at radius 1 is 1.13 bits per heavy atom. The number of halogens is 1. The predicted molar refractivity (Wildman–Crippen MR) is 115 cm³/mol. The monoisotopic (exact) mass is 409 g/mol. The first-order chi connectivity index (χ1) is 14.7. The molecule has 1 aliphatic heterocycles. The summed E-state index contributed by atoms with van der Waals surface area (Å²) in [6.07, 6.45) is 0. The highest BCUT2D eigenvalue weighted by Gasteiger charge is 2.12. The van der Waals surface area contributed by atoms with E-state index < -0.39 is 5.82 Å². The lowest BCUT2D eigenvalue weighted by Gasteiger charge is -2.27. The van der Waals surface area contributed by atoms with Crippen LogP contribution in [-0.2, 0) is 24.4 Å². The molecule has 158 valence electrons. The van der Waals surface area contributed by atoms with E-state index in [4.69, 9.17) is 15.0 Å². The lowest BCUT2D eigenvalue weighted by Crippen LogP contribution is -2.37. The number of nitriles is 1. The number of guanidine groups is 1. The summed E-state index contributed by atoms with van der Waals surface area (Å²) in [6, 6.07) is 14.8. The van der Waals surface area contributed by atoms with Crippen LogP contribution in [0.2, 0.25) is 0 Å². The third kappa shape index (κ3) is 6.28. The van der Waals surface area contributed by atoms with Gasteiger partial charge in [0.15, 0.2) is 5.96 Å². The molecule has 6 nitrogen and oxygen atoms in total. The van der Waals surface area contributed by atoms with Crippen LogP contribution < -0.4 is 10.6 Å². The summed E-state index contributed by atoms with van der Waals surface area (Å²) in [7, 11) is 0. The van der Waals surface area contributed by atoms with Crippen molar-refractivity contribution in [3.8, 4) is 6.07 Å². The number of nitrogens with one attached hydrogen (secondary N) is 2. The van der Waals surface area contributed by atoms with Gasteiger partial charge < -0.3 is 15.4 Å². The van der Waals surface area contributed by atoms with Crippen molar-refractivity contribution in [2.24, 2.45) is 4.99 Å². The van der Waals surface area contributed by atoms with Gasteiger partial charge in [-0.1, -0.05) is 30.3 Å². The first-order valence-corrected chi connectivity index (χ1v) is 10.3. The van der Waals surface area contributed by atoms with E-state index >= 15 is 0 Å². The summed E-state index contributed by atoms with van der Waals surface area (Å²) in [5.74, 6) is 0.232. The average molecular weight is 410 g/mol. The molecule has 3 rings (SSSR count). The second kappa shape index (κ2) is 11.3. The van der Waals surface area contributed by atoms with Crippen LogP contribution in [0.5, 0.6) is 0 Å². The van der Waals surface area contributed by atoms with Gasteiger partial charge in [0.25, 0.3) is 0 Å². The first kappa shape index (κ1) is 21.8. The van der Waals surface area contributed by atoms with Crippen molar-refractivity contribution >= 4 is 5.96 Å². The second-order valence-electron chi connectivity index (χ2n) is 7.12. The van der Waals surface area contributed by atoms with Gasteiger partial charge in [0, 0.05) is 38.3 Å². The van der Waals surface area contributed by atoms with E-state index in [0.29, 0.717) is 36.7 Å². The fourth-order valence-electron chi connectivity index (χ4n) is 3.31. The van der Waals surface area contributed by atoms with Crippen molar-refractivity contribution in [2.45, 2.75) is 26.6 Å². The van der Waals surface area contributed by atoms with E-state index in [-0.39, 0.29) is 0 Å². The Morgan fingerprint density at radius 3 is 2.60 bits per heavy atom. The molecule has 2 aromatic carbocycles. The van der Waals surface area contributed by atoms with Crippen molar-refractivity contribution < 1.29 is 9.13 Å². The molecule has 0 saturated carbocycles. The third-order valence-corrected chi connectivity index (χ3v) is 5.00. The smallest absolute Gasteiger partial charge is 0.191 e. The van der Waals surface area contributed by atoms with Crippen molar-refractivity contribution in [1.82, 2.24) is 15.5 Å². The fraction of sp³-hybridized carbons (Fsp3) is 0.391. The second-order valence-corrected chi connectivity index (χ2v) is 7.12. The molecule has 0 aliphatic carbocycles. The van der Waals surface area contributed by atoms with Gasteiger partial charge in [-0.2, -0.15) is 5.26 Å². The van der Waals surface area contributed by atoms with Gasteiger partial charge in [0.05, 0.1) is 31.4 Å². The van der Waals surface area contributed by atoms with Gasteiger partial charge >= 0.3 is 0 Å². The molecule has 2 aromatic rings. The zero-order chi connectivity index (χ0) is 21.2. The predicted octanol–water partition coefficient (Wildman–Crippen LogP) is 2.78. The number of ether oxygens (including phenoxy) is 1. The molecule has 0 amide bonds. The normalized spacial score (nSPS) is 14.9. The van der Waals surface area contributed by atoms with Gasteiger partial charge in [0.1, 0.15) is 5.82 Å². The van der Waals surface area contributed by atoms with Gasteiger partial charge in [-0.25, -0.2) is 9.38 Å². The molecular formula is C23H28FN5O. The Hall–Kier alpha value is -2.95. The summed E-state index contributed by atoms with van der Waals surface area (Å²) < 4.78 is 19.6. The van der Waals surface area contributed by atoms with Crippen LogP contribution in [0.3, 0.4) is 0 Å². The van der Waals surface area contributed by atoms with Crippen molar-refractivity contribution in [1.29, 1.82) is 5.26 Å². The van der Waals surface area contributed by atoms with E-state index in [1.807, 2.05) is 19.1 Å². The van der Waals surface area contributed by atoms with E-state index in [1.54, 1.807) is 12.1 Å². The number of hydrogen-bond acceptors (Lipinski definition) is 4. The van der Waals surface area contributed by atoms with Crippen molar-refractivity contribution in [3.05, 3.63) is 70.5 Å². The van der Waals surface area contributed by atoms with Gasteiger partial charge in [-0.15, -0.1) is 0 Å². The van der Waals surface area contributed by atoms with Crippen molar-refractivity contribution in [3.63, 3.8) is 0 Å². The Kier molecular flexibility index (Phi) is 8.19. The zero-order valence-electron chi connectivity index (χ0n) is 17.3. The maximum atomic E-state index is 14.1. The van der Waals surface area contributed by atoms with Gasteiger partial charge in [-0.3, -0.25) is 4.90 Å². The summed E-state index contributed by atoms with van der Waals surface area (Å²) >= 11 is 0. The molecule has 0 atom stereocenters. The largest absolute Gasteiger partial charge is 0.379 e. The Balaban J connectivity index is 1.65. The quantitative estimate of drug-likeness (QED) is 0.544. The van der Waals surface area contributed by atoms with E-state index in [1.165, 1.54) is 17.2 Å². The standard InChI is InChI=1S/C23H28FN5O/c1-2-26-23(28-16-20-8-7-18(14-25)13-22(20)24)27-15-19-5-3-4-6-21(19)17-29-9-11-30-12-10-29/h3-8,13H,2,9-12,15-17H2,1H3,(H2,26,27,28). The highest BCUT2D eigenvalue weighted by atomic mass is 19.1. The highest BCUT2D eigenvalue weighted by molar-refractivity contribution is 5.79. The molecule has 0 unspecified atom stereocenters. The summed E-state index contributed by atoms with van der Waals surface area (Å²) in [4.78, 5) is 7.08. The topological polar surface area (TPSA) is 72.7 Å². The van der Waals surface area contributed by atoms with Crippen LogP contribution in [0.15, 0.2) is 47.5 Å².